The zero-order chi connectivity index (χ0) is 12.3. The third kappa shape index (κ3) is 2.60. The molecule has 1 saturated carbocycles. The average Bonchev–Trinajstić information content (AvgIpc) is 2.82. The van der Waals surface area contributed by atoms with Crippen molar-refractivity contribution < 1.29 is 4.74 Å². The molecule has 0 bridgehead atoms. The minimum absolute atomic E-state index is 0.229. The number of hydrogen-bond donors (Lipinski definition) is 1. The van der Waals surface area contributed by atoms with Crippen LogP contribution in [0.2, 0.25) is 0 Å². The first-order valence-corrected chi connectivity index (χ1v) is 7.13. The first-order chi connectivity index (χ1) is 8.20. The maximum absolute atomic E-state index is 6.02. The van der Waals surface area contributed by atoms with E-state index < -0.39 is 0 Å². The fraction of sp³-hybridized carbons (Fsp3) is 0.833. The highest BCUT2D eigenvalue weighted by atomic mass is 32.1. The number of anilines is 1. The van der Waals surface area contributed by atoms with Crippen molar-refractivity contribution in [3.8, 4) is 0 Å². The van der Waals surface area contributed by atoms with Crippen LogP contribution in [0.15, 0.2) is 0 Å². The van der Waals surface area contributed by atoms with Crippen LogP contribution in [0.1, 0.15) is 45.4 Å². The third-order valence-electron chi connectivity index (χ3n) is 3.55. The summed E-state index contributed by atoms with van der Waals surface area (Å²) in [5, 5.41) is 3.92. The van der Waals surface area contributed by atoms with Crippen LogP contribution in [0.5, 0.6) is 0 Å². The highest BCUT2D eigenvalue weighted by Gasteiger charge is 2.40. The lowest BCUT2D eigenvalue weighted by molar-refractivity contribution is -0.0828. The largest absolute Gasteiger partial charge is 0.367 e. The van der Waals surface area contributed by atoms with Crippen LogP contribution < -0.4 is 5.32 Å². The second kappa shape index (κ2) is 5.31. The Hall–Kier alpha value is -0.680. The average molecular weight is 255 g/mol. The highest BCUT2D eigenvalue weighted by Crippen LogP contribution is 2.41. The number of ether oxygens (including phenoxy) is 1. The van der Waals surface area contributed by atoms with Crippen molar-refractivity contribution in [2.75, 3.05) is 19.0 Å². The summed E-state index contributed by atoms with van der Waals surface area (Å²) >= 11 is 1.42. The predicted octanol–water partition coefficient (Wildman–Crippen LogP) is 3.02. The first kappa shape index (κ1) is 12.8. The molecular weight excluding hydrogens is 234 g/mol. The zero-order valence-electron chi connectivity index (χ0n) is 10.8. The Morgan fingerprint density at radius 3 is 2.71 bits per heavy atom. The number of aromatic nitrogens is 2. The molecule has 1 heterocycles. The van der Waals surface area contributed by atoms with E-state index in [0.717, 1.165) is 36.3 Å². The molecule has 0 spiro atoms. The maximum Gasteiger partial charge on any atom is 0.202 e. The molecule has 0 saturated heterocycles. The zero-order valence-corrected chi connectivity index (χ0v) is 11.6. The molecule has 1 aliphatic rings. The fourth-order valence-corrected chi connectivity index (χ4v) is 3.05. The SMILES string of the molecule is CCOC1(c2nsc(NC)n2)CCC(C)CC1. The van der Waals surface area contributed by atoms with Crippen LogP contribution in [0.4, 0.5) is 5.13 Å². The molecule has 96 valence electrons. The summed E-state index contributed by atoms with van der Waals surface area (Å²) in [6.45, 7) is 5.08. The highest BCUT2D eigenvalue weighted by molar-refractivity contribution is 7.09. The molecule has 4 nitrogen and oxygen atoms in total. The molecule has 2 rings (SSSR count). The van der Waals surface area contributed by atoms with Crippen LogP contribution in [0, 0.1) is 5.92 Å². The van der Waals surface area contributed by atoms with E-state index in [1.807, 2.05) is 14.0 Å². The minimum Gasteiger partial charge on any atom is -0.367 e. The van der Waals surface area contributed by atoms with Gasteiger partial charge in [0, 0.05) is 25.2 Å². The molecule has 1 aromatic heterocycles. The molecule has 1 aromatic rings. The van der Waals surface area contributed by atoms with Gasteiger partial charge in [-0.05, 0) is 38.5 Å². The number of nitrogens with zero attached hydrogens (tertiary/aromatic N) is 2. The van der Waals surface area contributed by atoms with Crippen molar-refractivity contribution in [3.05, 3.63) is 5.82 Å². The standard InChI is InChI=1S/C12H21N3OS/c1-4-16-12(7-5-9(2)6-8-12)10-14-11(13-3)17-15-10/h9H,4-8H2,1-3H3,(H,13,14,15). The minimum atomic E-state index is -0.229. The van der Waals surface area contributed by atoms with Gasteiger partial charge >= 0.3 is 0 Å². The van der Waals surface area contributed by atoms with Crippen molar-refractivity contribution in [2.45, 2.75) is 45.1 Å². The van der Waals surface area contributed by atoms with Crippen LogP contribution in [-0.2, 0) is 10.3 Å². The van der Waals surface area contributed by atoms with Crippen molar-refractivity contribution in [1.82, 2.24) is 9.36 Å². The number of hydrogen-bond acceptors (Lipinski definition) is 5. The lowest BCUT2D eigenvalue weighted by Crippen LogP contribution is -2.35. The Labute approximate surface area is 107 Å². The molecule has 1 fully saturated rings. The van der Waals surface area contributed by atoms with Crippen LogP contribution in [0.25, 0.3) is 0 Å². The Balaban J connectivity index is 2.21. The van der Waals surface area contributed by atoms with Gasteiger partial charge in [0.1, 0.15) is 5.60 Å². The van der Waals surface area contributed by atoms with E-state index in [1.54, 1.807) is 0 Å². The van der Waals surface area contributed by atoms with E-state index in [1.165, 1.54) is 24.4 Å². The summed E-state index contributed by atoms with van der Waals surface area (Å²) < 4.78 is 10.5. The van der Waals surface area contributed by atoms with Gasteiger partial charge in [-0.2, -0.15) is 4.37 Å². The summed E-state index contributed by atoms with van der Waals surface area (Å²) in [5.74, 6) is 1.67. The van der Waals surface area contributed by atoms with E-state index >= 15 is 0 Å². The number of nitrogens with one attached hydrogen (secondary N) is 1. The third-order valence-corrected chi connectivity index (χ3v) is 4.28. The summed E-state index contributed by atoms with van der Waals surface area (Å²) in [6.07, 6.45) is 4.49. The van der Waals surface area contributed by atoms with Crippen molar-refractivity contribution in [3.63, 3.8) is 0 Å². The molecular formula is C12H21N3OS. The fourth-order valence-electron chi connectivity index (χ4n) is 2.45. The van der Waals surface area contributed by atoms with Gasteiger partial charge in [-0.3, -0.25) is 0 Å². The molecule has 0 amide bonds. The Kier molecular flexibility index (Phi) is 3.99. The van der Waals surface area contributed by atoms with Crippen molar-refractivity contribution in [2.24, 2.45) is 5.92 Å². The Bertz CT molecular complexity index is 358. The van der Waals surface area contributed by atoms with Gasteiger partial charge in [-0.1, -0.05) is 6.92 Å². The van der Waals surface area contributed by atoms with Gasteiger partial charge in [0.25, 0.3) is 0 Å². The van der Waals surface area contributed by atoms with Crippen LogP contribution >= 0.6 is 11.5 Å². The van der Waals surface area contributed by atoms with Crippen molar-refractivity contribution in [1.29, 1.82) is 0 Å². The molecule has 17 heavy (non-hydrogen) atoms. The van der Waals surface area contributed by atoms with Gasteiger partial charge in [-0.15, -0.1) is 0 Å². The predicted molar refractivity (Wildman–Crippen MR) is 70.4 cm³/mol. The maximum atomic E-state index is 6.02. The van der Waals surface area contributed by atoms with Crippen LogP contribution in [-0.4, -0.2) is 23.0 Å². The van der Waals surface area contributed by atoms with E-state index in [9.17, 15) is 0 Å². The number of rotatable bonds is 4. The van der Waals surface area contributed by atoms with E-state index in [2.05, 4.69) is 21.6 Å². The van der Waals surface area contributed by atoms with Gasteiger partial charge in [-0.25, -0.2) is 4.98 Å². The lowest BCUT2D eigenvalue weighted by Gasteiger charge is -2.36. The van der Waals surface area contributed by atoms with Gasteiger partial charge in [0.2, 0.25) is 5.13 Å². The second-order valence-corrected chi connectivity index (χ2v) is 5.53. The van der Waals surface area contributed by atoms with Crippen LogP contribution in [0.3, 0.4) is 0 Å². The summed E-state index contributed by atoms with van der Waals surface area (Å²) in [6, 6.07) is 0. The Morgan fingerprint density at radius 2 is 2.18 bits per heavy atom. The molecule has 5 heteroatoms. The van der Waals surface area contributed by atoms with Gasteiger partial charge < -0.3 is 10.1 Å². The normalized spacial score (nSPS) is 29.2. The molecule has 1 N–H and O–H groups in total. The first-order valence-electron chi connectivity index (χ1n) is 6.36. The van der Waals surface area contributed by atoms with E-state index in [4.69, 9.17) is 4.74 Å². The molecule has 0 radical (unpaired) electrons. The smallest absolute Gasteiger partial charge is 0.202 e. The molecule has 1 aliphatic carbocycles. The second-order valence-electron chi connectivity index (χ2n) is 4.78. The summed E-state index contributed by atoms with van der Waals surface area (Å²) in [7, 11) is 1.88. The monoisotopic (exact) mass is 255 g/mol. The Morgan fingerprint density at radius 1 is 1.47 bits per heavy atom. The van der Waals surface area contributed by atoms with E-state index in [0.29, 0.717) is 0 Å². The summed E-state index contributed by atoms with van der Waals surface area (Å²) in [4.78, 5) is 4.54. The quantitative estimate of drug-likeness (QED) is 0.898. The molecule has 0 unspecified atom stereocenters. The summed E-state index contributed by atoms with van der Waals surface area (Å²) in [5.41, 5.74) is -0.229. The molecule has 0 aromatic carbocycles. The topological polar surface area (TPSA) is 47.0 Å². The van der Waals surface area contributed by atoms with Gasteiger partial charge in [0.05, 0.1) is 0 Å². The van der Waals surface area contributed by atoms with Gasteiger partial charge in [0.15, 0.2) is 5.82 Å². The lowest BCUT2D eigenvalue weighted by atomic mass is 9.79. The van der Waals surface area contributed by atoms with Crippen molar-refractivity contribution >= 4 is 16.7 Å². The molecule has 0 aliphatic heterocycles. The van der Waals surface area contributed by atoms with E-state index in [-0.39, 0.29) is 5.60 Å². The molecule has 0 atom stereocenters.